The minimum Gasteiger partial charge on any atom is -0.463 e. The monoisotopic (exact) mass is 293 g/mol. The Morgan fingerprint density at radius 2 is 1.95 bits per heavy atom. The highest BCUT2D eigenvalue weighted by atomic mass is 16.3. The predicted molar refractivity (Wildman–Crippen MR) is 87.4 cm³/mol. The molecule has 1 aliphatic heterocycles. The summed E-state index contributed by atoms with van der Waals surface area (Å²) in [5, 5.41) is 3.50. The Hall–Kier alpha value is -0.840. The highest BCUT2D eigenvalue weighted by molar-refractivity contribution is 5.20. The summed E-state index contributed by atoms with van der Waals surface area (Å²) in [5.74, 6) is 2.18. The lowest BCUT2D eigenvalue weighted by molar-refractivity contribution is 0.245. The molecule has 0 spiro atoms. The first-order valence-corrected chi connectivity index (χ1v) is 8.07. The van der Waals surface area contributed by atoms with Crippen LogP contribution >= 0.6 is 0 Å². The molecule has 4 heteroatoms. The van der Waals surface area contributed by atoms with Crippen LogP contribution in [0.3, 0.4) is 0 Å². The average molecular weight is 293 g/mol. The van der Waals surface area contributed by atoms with Crippen LogP contribution in [-0.4, -0.2) is 48.6 Å². The van der Waals surface area contributed by atoms with E-state index in [-0.39, 0.29) is 5.54 Å². The minimum atomic E-state index is 0.120. The number of hydrogen-bond acceptors (Lipinski definition) is 4. The molecule has 2 heterocycles. The molecule has 1 fully saturated rings. The van der Waals surface area contributed by atoms with Gasteiger partial charge in [0.25, 0.3) is 0 Å². The van der Waals surface area contributed by atoms with E-state index in [1.165, 1.54) is 25.1 Å². The van der Waals surface area contributed by atoms with Crippen molar-refractivity contribution in [2.75, 3.05) is 33.2 Å². The standard InChI is InChI=1S/C17H31N3O/c1-14-11-15(21-16(14)12-18-17(2,3)4)13-20-8-6-7-19(5)9-10-20/h11,18H,6-10,12-13H2,1-5H3. The largest absolute Gasteiger partial charge is 0.463 e. The second kappa shape index (κ2) is 6.95. The van der Waals surface area contributed by atoms with Gasteiger partial charge < -0.3 is 14.6 Å². The van der Waals surface area contributed by atoms with Gasteiger partial charge in [-0.05, 0) is 65.9 Å². The molecule has 0 bridgehead atoms. The van der Waals surface area contributed by atoms with Gasteiger partial charge in [0.15, 0.2) is 0 Å². The topological polar surface area (TPSA) is 31.6 Å². The SMILES string of the molecule is Cc1cc(CN2CCCN(C)CC2)oc1CNC(C)(C)C. The zero-order valence-corrected chi connectivity index (χ0v) is 14.3. The van der Waals surface area contributed by atoms with Crippen LogP contribution in [0.4, 0.5) is 0 Å². The van der Waals surface area contributed by atoms with E-state index in [9.17, 15) is 0 Å². The Morgan fingerprint density at radius 1 is 1.19 bits per heavy atom. The Bertz CT molecular complexity index is 447. The van der Waals surface area contributed by atoms with E-state index in [1.807, 2.05) is 0 Å². The Balaban J connectivity index is 1.92. The molecule has 0 aromatic carbocycles. The number of likely N-dealkylation sites (N-methyl/N-ethyl adjacent to an activating group) is 1. The molecule has 0 radical (unpaired) electrons. The van der Waals surface area contributed by atoms with Gasteiger partial charge in [0.1, 0.15) is 11.5 Å². The third-order valence-electron chi connectivity index (χ3n) is 4.04. The van der Waals surface area contributed by atoms with Crippen LogP contribution in [0.5, 0.6) is 0 Å². The van der Waals surface area contributed by atoms with E-state index in [2.05, 4.69) is 55.9 Å². The molecule has 0 aliphatic carbocycles. The smallest absolute Gasteiger partial charge is 0.120 e. The van der Waals surface area contributed by atoms with Crippen molar-refractivity contribution in [1.29, 1.82) is 0 Å². The van der Waals surface area contributed by atoms with E-state index in [4.69, 9.17) is 4.42 Å². The highest BCUT2D eigenvalue weighted by Crippen LogP contribution is 2.18. The van der Waals surface area contributed by atoms with Crippen molar-refractivity contribution >= 4 is 0 Å². The molecule has 1 aromatic heterocycles. The van der Waals surface area contributed by atoms with Crippen LogP contribution in [0.15, 0.2) is 10.5 Å². The Labute approximate surface area is 129 Å². The van der Waals surface area contributed by atoms with Crippen molar-refractivity contribution < 1.29 is 4.42 Å². The summed E-state index contributed by atoms with van der Waals surface area (Å²) in [6.45, 7) is 15.1. The predicted octanol–water partition coefficient (Wildman–Crippen LogP) is 2.61. The van der Waals surface area contributed by atoms with E-state index in [0.29, 0.717) is 0 Å². The maximum absolute atomic E-state index is 6.06. The number of nitrogens with one attached hydrogen (secondary N) is 1. The van der Waals surface area contributed by atoms with Crippen LogP contribution in [0.2, 0.25) is 0 Å². The third kappa shape index (κ3) is 5.46. The van der Waals surface area contributed by atoms with Gasteiger partial charge in [0.05, 0.1) is 13.1 Å². The minimum absolute atomic E-state index is 0.120. The van der Waals surface area contributed by atoms with Gasteiger partial charge in [-0.1, -0.05) is 0 Å². The molecule has 1 N–H and O–H groups in total. The molecule has 0 unspecified atom stereocenters. The molecule has 1 aromatic rings. The van der Waals surface area contributed by atoms with Crippen LogP contribution in [0, 0.1) is 6.92 Å². The van der Waals surface area contributed by atoms with Crippen LogP contribution in [0.25, 0.3) is 0 Å². The number of aryl methyl sites for hydroxylation is 1. The van der Waals surface area contributed by atoms with Gasteiger partial charge in [-0.2, -0.15) is 0 Å². The van der Waals surface area contributed by atoms with Crippen molar-refractivity contribution in [3.63, 3.8) is 0 Å². The molecule has 0 saturated carbocycles. The summed E-state index contributed by atoms with van der Waals surface area (Å²) in [6.07, 6.45) is 1.24. The van der Waals surface area contributed by atoms with Gasteiger partial charge in [0, 0.05) is 18.6 Å². The van der Waals surface area contributed by atoms with Crippen molar-refractivity contribution in [3.05, 3.63) is 23.2 Å². The van der Waals surface area contributed by atoms with Gasteiger partial charge in [-0.3, -0.25) is 4.90 Å². The summed E-state index contributed by atoms with van der Waals surface area (Å²) in [6, 6.07) is 2.20. The van der Waals surface area contributed by atoms with Crippen molar-refractivity contribution in [3.8, 4) is 0 Å². The third-order valence-corrected chi connectivity index (χ3v) is 4.04. The molecule has 0 atom stereocenters. The lowest BCUT2D eigenvalue weighted by atomic mass is 10.1. The summed E-state index contributed by atoms with van der Waals surface area (Å²) in [4.78, 5) is 4.91. The molecule has 1 aliphatic rings. The van der Waals surface area contributed by atoms with Gasteiger partial charge in [-0.15, -0.1) is 0 Å². The number of hydrogen-bond donors (Lipinski definition) is 1. The van der Waals surface area contributed by atoms with Crippen molar-refractivity contribution in [1.82, 2.24) is 15.1 Å². The van der Waals surface area contributed by atoms with E-state index < -0.39 is 0 Å². The Kier molecular flexibility index (Phi) is 5.47. The van der Waals surface area contributed by atoms with Gasteiger partial charge in [0.2, 0.25) is 0 Å². The zero-order chi connectivity index (χ0) is 15.5. The molecular weight excluding hydrogens is 262 g/mol. The van der Waals surface area contributed by atoms with Gasteiger partial charge in [-0.25, -0.2) is 0 Å². The molecule has 2 rings (SSSR count). The van der Waals surface area contributed by atoms with Crippen molar-refractivity contribution in [2.24, 2.45) is 0 Å². The maximum atomic E-state index is 6.06. The quantitative estimate of drug-likeness (QED) is 0.925. The summed E-state index contributed by atoms with van der Waals surface area (Å²) in [7, 11) is 2.21. The summed E-state index contributed by atoms with van der Waals surface area (Å²) >= 11 is 0. The lowest BCUT2D eigenvalue weighted by Gasteiger charge is -2.20. The van der Waals surface area contributed by atoms with Crippen LogP contribution < -0.4 is 5.32 Å². The average Bonchev–Trinajstić information content (AvgIpc) is 2.59. The van der Waals surface area contributed by atoms with Gasteiger partial charge >= 0.3 is 0 Å². The molecular formula is C17H31N3O. The second-order valence-corrected chi connectivity index (χ2v) is 7.36. The fourth-order valence-corrected chi connectivity index (χ4v) is 2.67. The normalized spacial score (nSPS) is 18.9. The Morgan fingerprint density at radius 3 is 2.67 bits per heavy atom. The first kappa shape index (κ1) is 16.5. The second-order valence-electron chi connectivity index (χ2n) is 7.36. The summed E-state index contributed by atoms with van der Waals surface area (Å²) in [5.41, 5.74) is 1.38. The molecule has 21 heavy (non-hydrogen) atoms. The maximum Gasteiger partial charge on any atom is 0.120 e. The fourth-order valence-electron chi connectivity index (χ4n) is 2.67. The van der Waals surface area contributed by atoms with E-state index >= 15 is 0 Å². The van der Waals surface area contributed by atoms with Crippen LogP contribution in [-0.2, 0) is 13.1 Å². The number of furan rings is 1. The van der Waals surface area contributed by atoms with Crippen molar-refractivity contribution in [2.45, 2.75) is 52.7 Å². The molecule has 1 saturated heterocycles. The van der Waals surface area contributed by atoms with Crippen LogP contribution in [0.1, 0.15) is 44.3 Å². The number of rotatable bonds is 4. The zero-order valence-electron chi connectivity index (χ0n) is 14.3. The fraction of sp³-hybridized carbons (Fsp3) is 0.765. The lowest BCUT2D eigenvalue weighted by Crippen LogP contribution is -2.35. The van der Waals surface area contributed by atoms with E-state index in [0.717, 1.165) is 37.7 Å². The molecule has 4 nitrogen and oxygen atoms in total. The first-order valence-electron chi connectivity index (χ1n) is 8.07. The first-order chi connectivity index (χ1) is 9.83. The number of nitrogens with zero attached hydrogens (tertiary/aromatic N) is 2. The summed E-state index contributed by atoms with van der Waals surface area (Å²) < 4.78 is 6.06. The molecule has 0 amide bonds. The highest BCUT2D eigenvalue weighted by Gasteiger charge is 2.16. The van der Waals surface area contributed by atoms with E-state index in [1.54, 1.807) is 0 Å². The molecule has 120 valence electrons.